The van der Waals surface area contributed by atoms with Gasteiger partial charge in [-0.2, -0.15) is 0 Å². The van der Waals surface area contributed by atoms with Crippen LogP contribution < -0.4 is 21.7 Å². The van der Waals surface area contributed by atoms with Gasteiger partial charge in [0.1, 0.15) is 36.4 Å². The third kappa shape index (κ3) is 40.6. The zero-order valence-electron chi connectivity index (χ0n) is 80.6. The second-order valence-corrected chi connectivity index (χ2v) is 37.3. The van der Waals surface area contributed by atoms with E-state index in [0.29, 0.717) is 0 Å². The van der Waals surface area contributed by atoms with Crippen molar-refractivity contribution in [1.29, 1.82) is 0 Å². The molecule has 6 aliphatic heterocycles. The van der Waals surface area contributed by atoms with Gasteiger partial charge in [-0.05, 0) is 79.2 Å². The number of alkyl halides is 1. The Hall–Kier alpha value is -7.48. The van der Waals surface area contributed by atoms with Crippen LogP contribution in [0.1, 0.15) is 158 Å². The molecule has 4 fully saturated rings. The molecule has 0 unspecified atom stereocenters. The van der Waals surface area contributed by atoms with E-state index in [2.05, 4.69) is 16.0 Å². The third-order valence-corrected chi connectivity index (χ3v) is 25.8. The number of ether oxygens (including phenoxy) is 9. The summed E-state index contributed by atoms with van der Waals surface area (Å²) in [6, 6.07) is -2.56. The van der Waals surface area contributed by atoms with E-state index in [1.54, 1.807) is 193 Å². The predicted octanol–water partition coefficient (Wildman–Crippen LogP) is 0.642. The second-order valence-electron chi connectivity index (χ2n) is 37.3. The molecule has 0 aliphatic carbocycles. The van der Waals surface area contributed by atoms with Gasteiger partial charge in [0.25, 0.3) is 0 Å². The van der Waals surface area contributed by atoms with E-state index in [-0.39, 0.29) is 69.9 Å². The van der Waals surface area contributed by atoms with Crippen LogP contribution in [0.4, 0.5) is 4.39 Å². The molecule has 786 valence electrons. The maximum atomic E-state index is 17.1. The van der Waals surface area contributed by atoms with E-state index in [0.717, 1.165) is 7.11 Å². The van der Waals surface area contributed by atoms with Crippen LogP contribution in [-0.2, 0) is 66.6 Å². The summed E-state index contributed by atoms with van der Waals surface area (Å²) >= 11 is 0. The van der Waals surface area contributed by atoms with Crippen LogP contribution in [0.3, 0.4) is 0 Å². The lowest BCUT2D eigenvalue weighted by molar-refractivity contribution is -0.333. The van der Waals surface area contributed by atoms with Crippen LogP contribution in [0, 0.1) is 35.5 Å². The van der Waals surface area contributed by atoms with Crippen LogP contribution >= 0.6 is 0 Å². The Bertz CT molecular complexity index is 4130. The quantitative estimate of drug-likeness (QED) is 0.0521. The van der Waals surface area contributed by atoms with Crippen molar-refractivity contribution >= 4 is 29.7 Å². The molecule has 4 bridgehead atoms. The number of carbonyl (C=O) groups excluding carboxylic acids is 5. The number of hydrogen-bond donors (Lipinski definition) is 24. The van der Waals surface area contributed by atoms with Gasteiger partial charge in [0.15, 0.2) is 24.5 Å². The molecule has 39 atom stereocenters. The zero-order valence-corrected chi connectivity index (χ0v) is 80.6. The zero-order chi connectivity index (χ0) is 103. The van der Waals surface area contributed by atoms with Crippen molar-refractivity contribution in [3.8, 4) is 0 Å². The van der Waals surface area contributed by atoms with Crippen LogP contribution in [0.15, 0.2) is 170 Å². The minimum atomic E-state index is -3.21. The van der Waals surface area contributed by atoms with Crippen molar-refractivity contribution in [1.82, 2.24) is 16.0 Å². The first-order chi connectivity index (χ1) is 65.8. The molecule has 0 aromatic carbocycles. The van der Waals surface area contributed by atoms with E-state index < -0.39 is 319 Å². The van der Waals surface area contributed by atoms with E-state index in [1.165, 1.54) is 32.1 Å². The molecular formula is C100H155FN4O34. The number of fused-ring (bicyclic) bond motifs is 4. The summed E-state index contributed by atoms with van der Waals surface area (Å²) in [5, 5.41) is 234. The smallest absolute Gasteiger partial charge is 0.313 e. The minimum Gasteiger partial charge on any atom is -0.469 e. The average Bonchev–Trinajstić information content (AvgIpc) is 0.761. The highest BCUT2D eigenvalue weighted by Gasteiger charge is 2.58. The first-order valence-corrected chi connectivity index (χ1v) is 48.0. The summed E-state index contributed by atoms with van der Waals surface area (Å²) < 4.78 is 70.1. The van der Waals surface area contributed by atoms with Gasteiger partial charge in [-0.3, -0.25) is 24.0 Å². The van der Waals surface area contributed by atoms with Crippen LogP contribution in [0.5, 0.6) is 0 Å². The number of amides is 2. The number of aliphatic hydroxyl groups excluding tert-OH is 18. The van der Waals surface area contributed by atoms with Gasteiger partial charge in [-0.25, -0.2) is 4.39 Å². The average molecular weight is 1980 g/mol. The van der Waals surface area contributed by atoms with E-state index in [9.17, 15) is 126 Å². The Labute approximate surface area is 812 Å². The standard InChI is InChI=1S/C100H155FN4O34/c1-57-35-30-26-22-18-14-10-12-16-20-24-28-32-37-71(51-78-83(96(128)131-9)77(116)55-99(129,138-78)53-69(110)47-75(114)73(112)41-39-65(106)45-67(108)49-81(118)132-61(5)59(3)87(57)120)137-98-93(126)86(90(123)64(8)135-98)104-44-34-43-103-80(117)56-105-95(127)84-79-52-72(136-97-92(125)85(102)89(122)63(7)134-97)38-33-29-25-21-17-13-11-15-19-23-27-31-36-58(2)88(121)60(4)62(6)133-82(119)50-68(109)46-66(107)40-42-74(113)76(115)48-70(111)54-100(130,139-79)94(101)91(84)124/h10-33,35-38,57-79,83-94,97-98,104,106-116,120-126,129-130H,34,39-56,102H2,1-9H3,(H,103,117)(H,105,127)/b12-10+,13-11+,18-14+,19-15+,20-16+,21-17+,26-22+,27-23+,28-24+,29-25+,35-30+,36-31+,37-32+,38-33+/t57-,58-,59-,60-,61-,62-,63+,64+,65+,66+,67+,68+,69-,70-,71-,72-,73+,74+,75+,76+,77-,78-,79-,83+,84-,85-,86-,87+,88+,89+,90+,91+,92-,93-,94-,97-,98-,99+,100+/m0/s1/i9+1. The first kappa shape index (κ1) is 120. The molecule has 0 aromatic rings. The highest BCUT2D eigenvalue weighted by molar-refractivity contribution is 5.86. The van der Waals surface area contributed by atoms with Crippen molar-refractivity contribution in [2.45, 2.75) is 359 Å². The van der Waals surface area contributed by atoms with Crippen molar-refractivity contribution in [3.63, 3.8) is 0 Å². The van der Waals surface area contributed by atoms with Crippen LogP contribution in [0.25, 0.3) is 0 Å². The summed E-state index contributed by atoms with van der Waals surface area (Å²) in [5.41, 5.74) is 6.19. The molecule has 39 heteroatoms. The Morgan fingerprint density at radius 3 is 1.26 bits per heavy atom. The molecule has 0 saturated carbocycles. The van der Waals surface area contributed by atoms with Gasteiger partial charge in [0.2, 0.25) is 17.6 Å². The van der Waals surface area contributed by atoms with Crippen LogP contribution in [-0.4, -0.2) is 360 Å². The van der Waals surface area contributed by atoms with Gasteiger partial charge < -0.3 is 166 Å². The number of hydrogen-bond acceptors (Lipinski definition) is 36. The number of methoxy groups -OCH3 is 1. The number of halogens is 1. The Balaban J connectivity index is 1.20. The summed E-state index contributed by atoms with van der Waals surface area (Å²) in [6.07, 6.45) is -4.14. The number of esters is 3. The van der Waals surface area contributed by atoms with Crippen molar-refractivity contribution in [2.75, 3.05) is 26.7 Å². The van der Waals surface area contributed by atoms with Crippen LogP contribution in [0.2, 0.25) is 0 Å². The number of rotatable bonds is 13. The summed E-state index contributed by atoms with van der Waals surface area (Å²) in [6.45, 7) is 12.2. The molecule has 0 radical (unpaired) electrons. The highest BCUT2D eigenvalue weighted by atomic mass is 19.1. The Morgan fingerprint density at radius 2 is 0.820 bits per heavy atom. The summed E-state index contributed by atoms with van der Waals surface area (Å²) in [4.78, 5) is 67.6. The van der Waals surface area contributed by atoms with Gasteiger partial charge >= 0.3 is 17.9 Å². The lowest BCUT2D eigenvalue weighted by atomic mass is 9.81. The number of cyclic esters (lactones) is 2. The lowest BCUT2D eigenvalue weighted by Crippen LogP contribution is -2.65. The van der Waals surface area contributed by atoms with E-state index >= 15 is 4.39 Å². The number of nitrogens with one attached hydrogen (secondary N) is 3. The van der Waals surface area contributed by atoms with E-state index in [4.69, 9.17) is 48.4 Å². The van der Waals surface area contributed by atoms with Gasteiger partial charge in [-0.1, -0.05) is 198 Å². The molecular weight excluding hydrogens is 1820 g/mol. The number of carbonyl (C=O) groups is 5. The van der Waals surface area contributed by atoms with Crippen molar-refractivity contribution < 1.29 is 173 Å². The summed E-state index contributed by atoms with van der Waals surface area (Å²) in [5.74, 6) is -15.6. The topological polar surface area (TPSA) is 635 Å². The minimum absolute atomic E-state index is 0.0427. The van der Waals surface area contributed by atoms with Gasteiger partial charge in [-0.15, -0.1) is 0 Å². The second kappa shape index (κ2) is 61.0. The van der Waals surface area contributed by atoms with Gasteiger partial charge in [0, 0.05) is 75.2 Å². The SMILES string of the molecule is C[C@@H]1[C@H](O)[C@@H](C)/C=C/C=C/C=C/C=C/C=C/C=C/C=C/[C@H](O[C@@H]2O[C@H](C)[C@@H](O)[C@H](NCCCNC(=O)CNC(=O)[C@@H]3[C@@H](O)[C@H](F)[C@@]4(O)C[C@@H](O)C[C@@H](O)[C@H](O)CC[C@@H](O)C[C@@H](O)CC(=O)O[C@@H](C)[C@H](C)[C@H](O)[C@@H](C)/C=C/C=C/C=C/C=C/C=C/C=C/C=C/[C@H](O[C@@H]5O[C@H](C)[C@@H](O)[C@H](N)[C@@H]5O)C[C@@H]3O4)[C@@H]2O)C[C@@H]2O[C@](O)(C[C@@H](O)C[C@@H](O)[C@H](O)CC[C@@H](O)C[C@@H](O)CC(=O)O[C@H]1C)C[C@H](O)[C@H]2C(=O)O[13CH3]. The molecule has 6 aliphatic rings. The molecule has 0 aromatic heterocycles. The third-order valence-electron chi connectivity index (χ3n) is 25.8. The van der Waals surface area contributed by atoms with Crippen molar-refractivity contribution in [2.24, 2.45) is 41.2 Å². The fourth-order valence-corrected chi connectivity index (χ4v) is 17.2. The maximum Gasteiger partial charge on any atom is 0.313 e. The Kier molecular flexibility index (Phi) is 52.7. The molecule has 0 spiro atoms. The largest absolute Gasteiger partial charge is 0.469 e. The first-order valence-electron chi connectivity index (χ1n) is 48.0. The molecule has 139 heavy (non-hydrogen) atoms. The van der Waals surface area contributed by atoms with Crippen molar-refractivity contribution in [3.05, 3.63) is 170 Å². The van der Waals surface area contributed by atoms with E-state index in [1.807, 2.05) is 0 Å². The fraction of sp³-hybridized carbons (Fsp3) is 0.670. The lowest BCUT2D eigenvalue weighted by Gasteiger charge is -2.47. The number of nitrogens with two attached hydrogens (primary N) is 1. The summed E-state index contributed by atoms with van der Waals surface area (Å²) in [7, 11) is 1.06. The number of aliphatic hydroxyl groups is 20. The molecule has 38 nitrogen and oxygen atoms in total. The molecule has 6 heterocycles. The Morgan fingerprint density at radius 1 is 0.417 bits per heavy atom. The highest BCUT2D eigenvalue weighted by Crippen LogP contribution is 2.42. The maximum absolute atomic E-state index is 17.1. The monoisotopic (exact) mass is 1980 g/mol. The molecule has 6 rings (SSSR count). The number of allylic oxidation sites excluding steroid dienone is 24. The fourth-order valence-electron chi connectivity index (χ4n) is 17.2. The predicted molar refractivity (Wildman–Crippen MR) is 505 cm³/mol. The molecule has 4 saturated heterocycles. The molecule has 25 N–H and O–H groups in total. The van der Waals surface area contributed by atoms with Gasteiger partial charge in [0.05, 0.1) is 173 Å². The normalized spacial score (nSPS) is 43.9. The molecule has 2 amide bonds.